The van der Waals surface area contributed by atoms with E-state index in [9.17, 15) is 14.4 Å². The van der Waals surface area contributed by atoms with E-state index in [-0.39, 0.29) is 24.8 Å². The second-order valence-corrected chi connectivity index (χ2v) is 17.5. The average Bonchev–Trinajstić information content (AvgIpc) is 3.98. The lowest BCUT2D eigenvalue weighted by Gasteiger charge is -2.37. The molecule has 1 aliphatic heterocycles. The lowest BCUT2D eigenvalue weighted by Crippen LogP contribution is -2.51. The largest absolute Gasteiger partial charge is 0.444 e. The van der Waals surface area contributed by atoms with Crippen LogP contribution in [-0.2, 0) is 41.5 Å². The second-order valence-electron chi connectivity index (χ2n) is 17.5. The van der Waals surface area contributed by atoms with E-state index >= 15 is 0 Å². The van der Waals surface area contributed by atoms with Crippen molar-refractivity contribution in [1.82, 2.24) is 34.5 Å². The molecule has 0 saturated carbocycles. The van der Waals surface area contributed by atoms with E-state index in [4.69, 9.17) is 9.72 Å². The summed E-state index contributed by atoms with van der Waals surface area (Å²) in [5.74, 6) is -0.550. The third kappa shape index (κ3) is 9.01. The SMILES string of the molecule is Cn1cc(-c2cnc3ccc(NC(=O)c4ccc5c(c4)CN(C(=O)C(Cc4cn(C(c6ccccc6)(c6ccccc6)c6ccccc6)cn4)NC(=O)OC(C)(C)C)CC5)cc3c2)cn1. The molecule has 2 N–H and O–H groups in total. The highest BCUT2D eigenvalue weighted by molar-refractivity contribution is 6.05. The van der Waals surface area contributed by atoms with E-state index in [1.54, 1.807) is 42.9 Å². The van der Waals surface area contributed by atoms with Crippen molar-refractivity contribution in [1.29, 1.82) is 0 Å². The summed E-state index contributed by atoms with van der Waals surface area (Å²) in [7, 11) is 1.87. The number of amides is 3. The predicted molar refractivity (Wildman–Crippen MR) is 251 cm³/mol. The van der Waals surface area contributed by atoms with Gasteiger partial charge in [-0.3, -0.25) is 19.3 Å². The van der Waals surface area contributed by atoms with Gasteiger partial charge in [0.15, 0.2) is 0 Å². The molecule has 1 aliphatic rings. The van der Waals surface area contributed by atoms with Crippen molar-refractivity contribution in [2.45, 2.75) is 57.3 Å². The number of rotatable bonds is 11. The fourth-order valence-electron chi connectivity index (χ4n) is 8.74. The van der Waals surface area contributed by atoms with Crippen molar-refractivity contribution < 1.29 is 19.1 Å². The molecule has 326 valence electrons. The van der Waals surface area contributed by atoms with Crippen LogP contribution in [0.1, 0.15) is 64.6 Å². The molecule has 0 bridgehead atoms. The van der Waals surface area contributed by atoms with Gasteiger partial charge in [-0.2, -0.15) is 5.10 Å². The maximum Gasteiger partial charge on any atom is 0.408 e. The van der Waals surface area contributed by atoms with Crippen molar-refractivity contribution in [3.63, 3.8) is 0 Å². The van der Waals surface area contributed by atoms with Crippen molar-refractivity contribution >= 4 is 34.5 Å². The average molecular weight is 863 g/mol. The Morgan fingerprint density at radius 2 is 1.42 bits per heavy atom. The smallest absolute Gasteiger partial charge is 0.408 e. The van der Waals surface area contributed by atoms with E-state index in [1.165, 1.54) is 0 Å². The zero-order valence-corrected chi connectivity index (χ0v) is 36.8. The number of hydrogen-bond donors (Lipinski definition) is 2. The summed E-state index contributed by atoms with van der Waals surface area (Å²) in [6.45, 7) is 6.05. The van der Waals surface area contributed by atoms with Gasteiger partial charge in [-0.25, -0.2) is 9.78 Å². The standard InChI is InChI=1S/C53H50N8O4/c1-52(2,3)65-51(64)58-48(29-46-34-61(35-55-46)53(42-14-8-5-9-15-42,43-16-10-6-11-17-43)44-18-12-7-13-19-44)50(63)60-25-24-36-20-21-37(26-40(36)33-60)49(62)57-45-22-23-47-38(28-45)27-39(30-54-47)41-31-56-59(4)32-41/h5-23,26-28,30-32,34-35,48H,24-25,29,33H2,1-4H3,(H,57,62)(H,58,64). The number of aryl methyl sites for hydroxylation is 1. The Bertz CT molecular complexity index is 2900. The third-order valence-corrected chi connectivity index (χ3v) is 11.8. The summed E-state index contributed by atoms with van der Waals surface area (Å²) in [5.41, 5.74) is 7.83. The molecule has 1 atom stereocenters. The molecule has 1 unspecified atom stereocenters. The minimum atomic E-state index is -0.998. The predicted octanol–water partition coefficient (Wildman–Crippen LogP) is 8.95. The third-order valence-electron chi connectivity index (χ3n) is 11.8. The van der Waals surface area contributed by atoms with Crippen LogP contribution in [-0.4, -0.2) is 65.3 Å². The first-order valence-corrected chi connectivity index (χ1v) is 21.7. The van der Waals surface area contributed by atoms with Crippen molar-refractivity contribution in [3.8, 4) is 11.1 Å². The number of fused-ring (bicyclic) bond motifs is 2. The molecule has 5 aromatic carbocycles. The summed E-state index contributed by atoms with van der Waals surface area (Å²) >= 11 is 0. The maximum atomic E-state index is 14.7. The number of aromatic nitrogens is 5. The molecular weight excluding hydrogens is 813 g/mol. The fraction of sp³-hybridized carbons (Fsp3) is 0.208. The number of hydrogen-bond acceptors (Lipinski definition) is 7. The van der Waals surface area contributed by atoms with Gasteiger partial charge in [0.05, 0.1) is 23.7 Å². The van der Waals surface area contributed by atoms with Crippen molar-refractivity contribution in [2.75, 3.05) is 11.9 Å². The molecule has 0 spiro atoms. The van der Waals surface area contributed by atoms with Gasteiger partial charge in [0.25, 0.3) is 5.91 Å². The van der Waals surface area contributed by atoms with Gasteiger partial charge in [0.1, 0.15) is 17.2 Å². The van der Waals surface area contributed by atoms with Crippen LogP contribution in [0.5, 0.6) is 0 Å². The molecule has 0 radical (unpaired) electrons. The van der Waals surface area contributed by atoms with Crippen LogP contribution >= 0.6 is 0 Å². The molecule has 4 heterocycles. The van der Waals surface area contributed by atoms with Crippen LogP contribution in [0, 0.1) is 0 Å². The Kier molecular flexibility index (Phi) is 11.6. The fourth-order valence-corrected chi connectivity index (χ4v) is 8.74. The van der Waals surface area contributed by atoms with Crippen LogP contribution in [0.2, 0.25) is 0 Å². The maximum absolute atomic E-state index is 14.7. The summed E-state index contributed by atoms with van der Waals surface area (Å²) in [4.78, 5) is 53.1. The number of pyridine rings is 1. The first-order chi connectivity index (χ1) is 31.4. The summed E-state index contributed by atoms with van der Waals surface area (Å²) in [5, 5.41) is 11.1. The monoisotopic (exact) mass is 862 g/mol. The topological polar surface area (TPSA) is 136 Å². The van der Waals surface area contributed by atoms with Gasteiger partial charge in [0.2, 0.25) is 5.91 Å². The number of carbonyl (C=O) groups excluding carboxylic acids is 3. The van der Waals surface area contributed by atoms with Gasteiger partial charge in [-0.1, -0.05) is 97.1 Å². The summed E-state index contributed by atoms with van der Waals surface area (Å²) < 4.78 is 9.51. The molecule has 0 saturated heterocycles. The Morgan fingerprint density at radius 3 is 2.05 bits per heavy atom. The first kappa shape index (κ1) is 42.4. The molecule has 9 rings (SSSR count). The van der Waals surface area contributed by atoms with Crippen LogP contribution in [0.15, 0.2) is 165 Å². The van der Waals surface area contributed by atoms with Crippen molar-refractivity contribution in [2.24, 2.45) is 7.05 Å². The number of nitrogens with one attached hydrogen (secondary N) is 2. The van der Waals surface area contributed by atoms with Crippen LogP contribution in [0.4, 0.5) is 10.5 Å². The summed E-state index contributed by atoms with van der Waals surface area (Å²) in [6, 6.07) is 43.1. The number of alkyl carbamates (subject to hydrolysis) is 1. The Morgan fingerprint density at radius 1 is 0.738 bits per heavy atom. The Balaban J connectivity index is 0.976. The highest BCUT2D eigenvalue weighted by Gasteiger charge is 2.39. The van der Waals surface area contributed by atoms with Gasteiger partial charge in [0, 0.05) is 72.9 Å². The number of carbonyl (C=O) groups is 3. The number of nitrogens with zero attached hydrogens (tertiary/aromatic N) is 6. The van der Waals surface area contributed by atoms with Crippen LogP contribution in [0.25, 0.3) is 22.0 Å². The lowest BCUT2D eigenvalue weighted by atomic mass is 9.77. The van der Waals surface area contributed by atoms with E-state index in [0.717, 1.165) is 49.8 Å². The minimum Gasteiger partial charge on any atom is -0.444 e. The van der Waals surface area contributed by atoms with E-state index in [2.05, 4.69) is 61.7 Å². The number of anilines is 1. The molecule has 65 heavy (non-hydrogen) atoms. The molecule has 0 fully saturated rings. The minimum absolute atomic E-state index is 0.107. The highest BCUT2D eigenvalue weighted by Crippen LogP contribution is 2.41. The molecule has 12 heteroatoms. The van der Waals surface area contributed by atoms with E-state index in [1.807, 2.05) is 123 Å². The number of imidazole rings is 1. The lowest BCUT2D eigenvalue weighted by molar-refractivity contribution is -0.134. The van der Waals surface area contributed by atoms with Gasteiger partial charge >= 0.3 is 6.09 Å². The van der Waals surface area contributed by atoms with Gasteiger partial charge in [-0.05, 0) is 91.4 Å². The summed E-state index contributed by atoms with van der Waals surface area (Å²) in [6.07, 6.45) is 9.30. The van der Waals surface area contributed by atoms with Gasteiger partial charge < -0.3 is 24.8 Å². The van der Waals surface area contributed by atoms with E-state index in [0.29, 0.717) is 29.9 Å². The normalized spacial score (nSPS) is 13.2. The molecule has 3 amide bonds. The molecule has 0 aliphatic carbocycles. The zero-order chi connectivity index (χ0) is 45.1. The Labute approximate surface area is 377 Å². The molecule has 12 nitrogen and oxygen atoms in total. The Hall–Kier alpha value is -7.86. The molecular formula is C53H50N8O4. The second kappa shape index (κ2) is 17.7. The van der Waals surface area contributed by atoms with Crippen molar-refractivity contribution in [3.05, 3.63) is 204 Å². The molecule has 3 aromatic heterocycles. The van der Waals surface area contributed by atoms with E-state index < -0.39 is 23.3 Å². The van der Waals surface area contributed by atoms with Crippen LogP contribution in [0.3, 0.4) is 0 Å². The van der Waals surface area contributed by atoms with Gasteiger partial charge in [-0.15, -0.1) is 0 Å². The quantitative estimate of drug-likeness (QED) is 0.124. The number of benzene rings is 5. The number of ether oxygens (including phenoxy) is 1. The first-order valence-electron chi connectivity index (χ1n) is 21.7. The highest BCUT2D eigenvalue weighted by atomic mass is 16.6. The zero-order valence-electron chi connectivity index (χ0n) is 36.8. The van der Waals surface area contributed by atoms with Crippen LogP contribution < -0.4 is 10.6 Å². The molecule has 8 aromatic rings.